The van der Waals surface area contributed by atoms with Crippen LogP contribution in [0.2, 0.25) is 0 Å². The number of halogens is 2. The summed E-state index contributed by atoms with van der Waals surface area (Å²) in [5.74, 6) is -0.373. The summed E-state index contributed by atoms with van der Waals surface area (Å²) in [7, 11) is 0. The van der Waals surface area contributed by atoms with E-state index in [-0.39, 0.29) is 29.5 Å². The average Bonchev–Trinajstić information content (AvgIpc) is 3.08. The largest absolute Gasteiger partial charge is 0.354 e. The van der Waals surface area contributed by atoms with Crippen LogP contribution in [0.1, 0.15) is 25.3 Å². The van der Waals surface area contributed by atoms with Crippen molar-refractivity contribution in [2.45, 2.75) is 31.2 Å². The Morgan fingerprint density at radius 2 is 2.00 bits per heavy atom. The van der Waals surface area contributed by atoms with Crippen molar-refractivity contribution >= 4 is 18.3 Å². The molecule has 0 saturated heterocycles. The maximum absolute atomic E-state index is 12.8. The Labute approximate surface area is 112 Å². The molecule has 2 rings (SSSR count). The van der Waals surface area contributed by atoms with Gasteiger partial charge in [-0.3, -0.25) is 4.79 Å². The first-order chi connectivity index (χ1) is 8.03. The van der Waals surface area contributed by atoms with Crippen molar-refractivity contribution in [3.8, 4) is 0 Å². The molecule has 0 radical (unpaired) electrons. The molecule has 0 spiro atoms. The SMILES string of the molecule is C[C@H](N)C(=O)NCC1(c2ccc(F)cc2)CC1.Cl. The molecule has 0 bridgehead atoms. The Bertz CT molecular complexity index is 416. The lowest BCUT2D eigenvalue weighted by molar-refractivity contribution is -0.122. The number of hydrogen-bond donors (Lipinski definition) is 2. The van der Waals surface area contributed by atoms with Gasteiger partial charge < -0.3 is 11.1 Å². The third kappa shape index (κ3) is 3.21. The summed E-state index contributed by atoms with van der Waals surface area (Å²) < 4.78 is 12.8. The van der Waals surface area contributed by atoms with Gasteiger partial charge in [0.05, 0.1) is 6.04 Å². The summed E-state index contributed by atoms with van der Waals surface area (Å²) in [6, 6.07) is 6.02. The van der Waals surface area contributed by atoms with Crippen molar-refractivity contribution in [2.24, 2.45) is 5.73 Å². The summed E-state index contributed by atoms with van der Waals surface area (Å²) in [5.41, 5.74) is 6.57. The highest BCUT2D eigenvalue weighted by molar-refractivity contribution is 5.85. The second-order valence-electron chi connectivity index (χ2n) is 4.79. The molecule has 1 atom stereocenters. The predicted octanol–water partition coefficient (Wildman–Crippen LogP) is 1.74. The molecule has 1 aromatic carbocycles. The van der Waals surface area contributed by atoms with Crippen LogP contribution in [0.4, 0.5) is 4.39 Å². The van der Waals surface area contributed by atoms with Gasteiger partial charge in [-0.15, -0.1) is 12.4 Å². The number of nitrogens with one attached hydrogen (secondary N) is 1. The van der Waals surface area contributed by atoms with Crippen LogP contribution in [-0.4, -0.2) is 18.5 Å². The summed E-state index contributed by atoms with van der Waals surface area (Å²) in [4.78, 5) is 11.4. The molecule has 0 unspecified atom stereocenters. The molecule has 3 N–H and O–H groups in total. The number of hydrogen-bond acceptors (Lipinski definition) is 2. The lowest BCUT2D eigenvalue weighted by atomic mass is 9.96. The van der Waals surface area contributed by atoms with Crippen LogP contribution < -0.4 is 11.1 Å². The normalized spacial score (nSPS) is 17.5. The van der Waals surface area contributed by atoms with Crippen LogP contribution in [0.5, 0.6) is 0 Å². The van der Waals surface area contributed by atoms with Gasteiger partial charge in [-0.2, -0.15) is 0 Å². The van der Waals surface area contributed by atoms with Crippen molar-refractivity contribution < 1.29 is 9.18 Å². The molecule has 100 valence electrons. The minimum Gasteiger partial charge on any atom is -0.354 e. The van der Waals surface area contributed by atoms with Gasteiger partial charge in [0.15, 0.2) is 0 Å². The topological polar surface area (TPSA) is 55.1 Å². The van der Waals surface area contributed by atoms with Crippen LogP contribution in [0.15, 0.2) is 24.3 Å². The van der Waals surface area contributed by atoms with Gasteiger partial charge in [-0.25, -0.2) is 4.39 Å². The molecule has 1 aromatic rings. The number of amides is 1. The minimum absolute atomic E-state index is 0. The van der Waals surface area contributed by atoms with E-state index in [0.717, 1.165) is 18.4 Å². The van der Waals surface area contributed by atoms with Gasteiger partial charge in [0.1, 0.15) is 5.82 Å². The molecular formula is C13H18ClFN2O. The van der Waals surface area contributed by atoms with Crippen LogP contribution in [0.25, 0.3) is 0 Å². The van der Waals surface area contributed by atoms with Crippen LogP contribution >= 0.6 is 12.4 Å². The first-order valence-corrected chi connectivity index (χ1v) is 5.83. The van der Waals surface area contributed by atoms with Gasteiger partial charge in [-0.05, 0) is 37.5 Å². The quantitative estimate of drug-likeness (QED) is 0.877. The lowest BCUT2D eigenvalue weighted by Crippen LogP contribution is -2.41. The van der Waals surface area contributed by atoms with Crippen LogP contribution in [0.3, 0.4) is 0 Å². The maximum Gasteiger partial charge on any atom is 0.236 e. The summed E-state index contributed by atoms with van der Waals surface area (Å²) in [5, 5.41) is 2.84. The molecule has 1 fully saturated rings. The van der Waals surface area contributed by atoms with Gasteiger partial charge in [0.2, 0.25) is 5.91 Å². The fourth-order valence-corrected chi connectivity index (χ4v) is 1.94. The number of carbonyl (C=O) groups is 1. The molecule has 5 heteroatoms. The Kier molecular flexibility index (Phi) is 4.71. The summed E-state index contributed by atoms with van der Waals surface area (Å²) >= 11 is 0. The zero-order valence-corrected chi connectivity index (χ0v) is 11.1. The van der Waals surface area contributed by atoms with Crippen molar-refractivity contribution in [3.05, 3.63) is 35.6 Å². The first kappa shape index (κ1) is 14.9. The lowest BCUT2D eigenvalue weighted by Gasteiger charge is -2.17. The standard InChI is InChI=1S/C13H17FN2O.ClH/c1-9(15)12(17)16-8-13(6-7-13)10-2-4-11(14)5-3-10;/h2-5,9H,6-8,15H2,1H3,(H,16,17);1H/t9-;/m0./s1. The fraction of sp³-hybridized carbons (Fsp3) is 0.462. The number of rotatable bonds is 4. The predicted molar refractivity (Wildman–Crippen MR) is 71.2 cm³/mol. The van der Waals surface area contributed by atoms with Gasteiger partial charge >= 0.3 is 0 Å². The van der Waals surface area contributed by atoms with Gasteiger partial charge in [-0.1, -0.05) is 12.1 Å². The van der Waals surface area contributed by atoms with E-state index in [9.17, 15) is 9.18 Å². The van der Waals surface area contributed by atoms with E-state index in [1.54, 1.807) is 19.1 Å². The third-order valence-electron chi connectivity index (χ3n) is 3.32. The molecule has 3 nitrogen and oxygen atoms in total. The molecule has 1 amide bonds. The van der Waals surface area contributed by atoms with E-state index in [4.69, 9.17) is 5.73 Å². The second kappa shape index (κ2) is 5.67. The number of benzene rings is 1. The molecule has 1 aliphatic rings. The third-order valence-corrected chi connectivity index (χ3v) is 3.32. The smallest absolute Gasteiger partial charge is 0.236 e. The Morgan fingerprint density at radius 3 is 2.44 bits per heavy atom. The highest BCUT2D eigenvalue weighted by Crippen LogP contribution is 2.47. The Morgan fingerprint density at radius 1 is 1.44 bits per heavy atom. The van der Waals surface area contributed by atoms with E-state index in [1.807, 2.05) is 0 Å². The number of nitrogens with two attached hydrogens (primary N) is 1. The second-order valence-corrected chi connectivity index (χ2v) is 4.79. The van der Waals surface area contributed by atoms with Crippen LogP contribution in [-0.2, 0) is 10.2 Å². The average molecular weight is 273 g/mol. The maximum atomic E-state index is 12.8. The van der Waals surface area contributed by atoms with Crippen molar-refractivity contribution in [1.82, 2.24) is 5.32 Å². The summed E-state index contributed by atoms with van der Waals surface area (Å²) in [6.45, 7) is 2.24. The number of carbonyl (C=O) groups excluding carboxylic acids is 1. The molecular weight excluding hydrogens is 255 g/mol. The molecule has 1 saturated carbocycles. The van der Waals surface area contributed by atoms with Crippen molar-refractivity contribution in [3.63, 3.8) is 0 Å². The van der Waals surface area contributed by atoms with Crippen molar-refractivity contribution in [1.29, 1.82) is 0 Å². The van der Waals surface area contributed by atoms with E-state index in [2.05, 4.69) is 5.32 Å². The van der Waals surface area contributed by atoms with E-state index in [1.165, 1.54) is 12.1 Å². The van der Waals surface area contributed by atoms with E-state index >= 15 is 0 Å². The first-order valence-electron chi connectivity index (χ1n) is 5.83. The summed E-state index contributed by atoms with van der Waals surface area (Å²) in [6.07, 6.45) is 2.05. The minimum atomic E-state index is -0.487. The fourth-order valence-electron chi connectivity index (χ4n) is 1.94. The van der Waals surface area contributed by atoms with E-state index < -0.39 is 6.04 Å². The highest BCUT2D eigenvalue weighted by atomic mass is 35.5. The molecule has 1 aliphatic carbocycles. The van der Waals surface area contributed by atoms with E-state index in [0.29, 0.717) is 6.54 Å². The Balaban J connectivity index is 0.00000162. The molecule has 0 aromatic heterocycles. The highest BCUT2D eigenvalue weighted by Gasteiger charge is 2.44. The van der Waals surface area contributed by atoms with Gasteiger partial charge in [0.25, 0.3) is 0 Å². The molecule has 0 heterocycles. The monoisotopic (exact) mass is 272 g/mol. The Hall–Kier alpha value is -1.13. The molecule has 18 heavy (non-hydrogen) atoms. The molecule has 0 aliphatic heterocycles. The van der Waals surface area contributed by atoms with Gasteiger partial charge in [0, 0.05) is 12.0 Å². The van der Waals surface area contributed by atoms with Crippen LogP contribution in [0, 0.1) is 5.82 Å². The zero-order valence-electron chi connectivity index (χ0n) is 10.3. The zero-order chi connectivity index (χ0) is 12.5. The van der Waals surface area contributed by atoms with Crippen molar-refractivity contribution in [2.75, 3.05) is 6.54 Å².